The van der Waals surface area contributed by atoms with Gasteiger partial charge < -0.3 is 10.6 Å². The number of carbonyl (C=O) groups is 4. The molecule has 1 aromatic rings. The number of benzene rings is 1. The van der Waals surface area contributed by atoms with Crippen molar-refractivity contribution in [2.24, 2.45) is 0 Å². The van der Waals surface area contributed by atoms with E-state index < -0.39 is 5.91 Å². The summed E-state index contributed by atoms with van der Waals surface area (Å²) in [6.45, 7) is 11.3. The van der Waals surface area contributed by atoms with Crippen LogP contribution in [0.4, 0.5) is 0 Å². The lowest BCUT2D eigenvalue weighted by atomic mass is 10.0. The second-order valence-corrected chi connectivity index (χ2v) is 7.27. The molecule has 0 aromatic heterocycles. The van der Waals surface area contributed by atoms with Crippen LogP contribution in [-0.4, -0.2) is 41.6 Å². The van der Waals surface area contributed by atoms with Gasteiger partial charge >= 0.3 is 0 Å². The van der Waals surface area contributed by atoms with Crippen LogP contribution < -0.4 is 10.6 Å². The van der Waals surface area contributed by atoms with Gasteiger partial charge in [-0.3, -0.25) is 24.1 Å². The number of amides is 4. The molecule has 0 atom stereocenters. The number of hydrogen-bond donors (Lipinski definition) is 2. The monoisotopic (exact) mass is 397 g/mol. The third-order valence-corrected chi connectivity index (χ3v) is 4.60. The lowest BCUT2D eigenvalue weighted by Crippen LogP contribution is -2.33. The van der Waals surface area contributed by atoms with Crippen LogP contribution in [0.2, 0.25) is 0 Å². The Bertz CT molecular complexity index is 911. The van der Waals surface area contributed by atoms with Crippen LogP contribution >= 0.6 is 0 Å². The summed E-state index contributed by atoms with van der Waals surface area (Å²) in [7, 11) is 0. The highest BCUT2D eigenvalue weighted by molar-refractivity contribution is 6.22. The molecule has 0 saturated carbocycles. The van der Waals surface area contributed by atoms with Crippen molar-refractivity contribution >= 4 is 23.6 Å². The third kappa shape index (κ3) is 4.99. The van der Waals surface area contributed by atoms with Crippen molar-refractivity contribution in [3.05, 3.63) is 58.3 Å². The van der Waals surface area contributed by atoms with Crippen LogP contribution in [0.3, 0.4) is 0 Å². The quantitative estimate of drug-likeness (QED) is 0.521. The SMILES string of the molecule is C=C(C)NC(=O)C(CNC(=O)c1ccc2c(c1)C(=O)N(CCCC)C2=O)=C(C)C. The Morgan fingerprint density at radius 1 is 1.07 bits per heavy atom. The van der Waals surface area contributed by atoms with Gasteiger partial charge in [0.05, 0.1) is 11.1 Å². The first kappa shape index (κ1) is 22.1. The molecule has 0 spiro atoms. The van der Waals surface area contributed by atoms with Gasteiger partial charge in [0.2, 0.25) is 0 Å². The Labute approximate surface area is 170 Å². The number of nitrogens with zero attached hydrogens (tertiary/aromatic N) is 1. The molecule has 0 radical (unpaired) electrons. The molecule has 2 rings (SSSR count). The summed E-state index contributed by atoms with van der Waals surface area (Å²) in [5, 5.41) is 5.32. The first-order valence-electron chi connectivity index (χ1n) is 9.59. The predicted molar refractivity (Wildman–Crippen MR) is 110 cm³/mol. The van der Waals surface area contributed by atoms with Crippen molar-refractivity contribution in [3.8, 4) is 0 Å². The molecule has 1 aromatic carbocycles. The van der Waals surface area contributed by atoms with E-state index in [2.05, 4.69) is 17.2 Å². The van der Waals surface area contributed by atoms with Crippen LogP contribution in [0.25, 0.3) is 0 Å². The maximum Gasteiger partial charge on any atom is 0.261 e. The van der Waals surface area contributed by atoms with Crippen LogP contribution in [0, 0.1) is 0 Å². The molecule has 4 amide bonds. The molecule has 29 heavy (non-hydrogen) atoms. The molecule has 1 heterocycles. The summed E-state index contributed by atoms with van der Waals surface area (Å²) in [4.78, 5) is 51.0. The fourth-order valence-electron chi connectivity index (χ4n) is 2.98. The van der Waals surface area contributed by atoms with E-state index in [1.807, 2.05) is 6.92 Å². The van der Waals surface area contributed by atoms with Gasteiger partial charge in [-0.1, -0.05) is 25.5 Å². The molecule has 7 heteroatoms. The predicted octanol–water partition coefficient (Wildman–Crippen LogP) is 2.80. The first-order chi connectivity index (χ1) is 13.7. The number of fused-ring (bicyclic) bond motifs is 1. The normalized spacial score (nSPS) is 12.5. The van der Waals surface area contributed by atoms with Gasteiger partial charge in [-0.25, -0.2) is 0 Å². The van der Waals surface area contributed by atoms with Crippen molar-refractivity contribution in [3.63, 3.8) is 0 Å². The number of unbranched alkanes of at least 4 members (excludes halogenated alkanes) is 1. The van der Waals surface area contributed by atoms with Gasteiger partial charge in [0.15, 0.2) is 0 Å². The Morgan fingerprint density at radius 2 is 1.72 bits per heavy atom. The van der Waals surface area contributed by atoms with Crippen molar-refractivity contribution in [1.82, 2.24) is 15.5 Å². The number of imide groups is 1. The number of hydrogen-bond acceptors (Lipinski definition) is 4. The van der Waals surface area contributed by atoms with Gasteiger partial charge in [-0.2, -0.15) is 0 Å². The highest BCUT2D eigenvalue weighted by Crippen LogP contribution is 2.24. The minimum Gasteiger partial charge on any atom is -0.348 e. The van der Waals surface area contributed by atoms with Crippen molar-refractivity contribution in [1.29, 1.82) is 0 Å². The molecule has 0 bridgehead atoms. The Hall–Kier alpha value is -3.22. The number of nitrogens with one attached hydrogen (secondary N) is 2. The van der Waals surface area contributed by atoms with Crippen molar-refractivity contribution in [2.45, 2.75) is 40.5 Å². The van der Waals surface area contributed by atoms with Crippen molar-refractivity contribution < 1.29 is 19.2 Å². The molecule has 0 saturated heterocycles. The average molecular weight is 397 g/mol. The van der Waals surface area contributed by atoms with Gasteiger partial charge in [0.25, 0.3) is 23.6 Å². The van der Waals surface area contributed by atoms with Gasteiger partial charge in [-0.15, -0.1) is 0 Å². The maximum atomic E-state index is 12.6. The number of carbonyl (C=O) groups excluding carboxylic acids is 4. The van der Waals surface area contributed by atoms with Crippen molar-refractivity contribution in [2.75, 3.05) is 13.1 Å². The topological polar surface area (TPSA) is 95.6 Å². The molecule has 7 nitrogen and oxygen atoms in total. The highest BCUT2D eigenvalue weighted by atomic mass is 16.2. The van der Waals surface area contributed by atoms with Gasteiger partial charge in [0.1, 0.15) is 0 Å². The standard InChI is InChI=1S/C22H27N3O4/c1-6-7-10-25-21(28)16-9-8-15(11-17(16)22(25)29)19(26)23-12-18(13(2)3)20(27)24-14(4)5/h8-9,11H,4,6-7,10,12H2,1-3,5H3,(H,23,26)(H,24,27). The summed E-state index contributed by atoms with van der Waals surface area (Å²) >= 11 is 0. The minimum atomic E-state index is -0.429. The summed E-state index contributed by atoms with van der Waals surface area (Å²) in [5.41, 5.74) is 2.52. The molecule has 0 fully saturated rings. The lowest BCUT2D eigenvalue weighted by Gasteiger charge is -2.12. The molecule has 1 aliphatic heterocycles. The second kappa shape index (κ2) is 9.32. The molecule has 1 aliphatic rings. The van der Waals surface area contributed by atoms with Crippen LogP contribution in [0.1, 0.15) is 71.6 Å². The smallest absolute Gasteiger partial charge is 0.261 e. The van der Waals surface area contributed by atoms with Gasteiger partial charge in [0, 0.05) is 29.9 Å². The fourth-order valence-corrected chi connectivity index (χ4v) is 2.98. The number of rotatable bonds is 8. The Morgan fingerprint density at radius 3 is 2.31 bits per heavy atom. The molecule has 0 unspecified atom stereocenters. The molecular weight excluding hydrogens is 370 g/mol. The second-order valence-electron chi connectivity index (χ2n) is 7.27. The zero-order valence-corrected chi connectivity index (χ0v) is 17.3. The van der Waals surface area contributed by atoms with E-state index in [1.54, 1.807) is 20.8 Å². The molecule has 2 N–H and O–H groups in total. The lowest BCUT2D eigenvalue weighted by molar-refractivity contribution is -0.116. The Kier molecular flexibility index (Phi) is 7.09. The first-order valence-corrected chi connectivity index (χ1v) is 9.59. The fraction of sp³-hybridized carbons (Fsp3) is 0.364. The van der Waals surface area contributed by atoms with E-state index in [4.69, 9.17) is 0 Å². The molecule has 154 valence electrons. The minimum absolute atomic E-state index is 0.0346. The van der Waals surface area contributed by atoms with Crippen LogP contribution in [-0.2, 0) is 4.79 Å². The third-order valence-electron chi connectivity index (χ3n) is 4.60. The van der Waals surface area contributed by atoms with E-state index in [0.29, 0.717) is 23.4 Å². The van der Waals surface area contributed by atoms with E-state index >= 15 is 0 Å². The van der Waals surface area contributed by atoms with E-state index in [-0.39, 0.29) is 35.4 Å². The van der Waals surface area contributed by atoms with Crippen LogP contribution in [0.5, 0.6) is 0 Å². The van der Waals surface area contributed by atoms with Gasteiger partial charge in [-0.05, 0) is 45.4 Å². The summed E-state index contributed by atoms with van der Waals surface area (Å²) in [6.07, 6.45) is 1.60. The molecule has 0 aliphatic carbocycles. The van der Waals surface area contributed by atoms with E-state index in [0.717, 1.165) is 18.4 Å². The summed E-state index contributed by atoms with van der Waals surface area (Å²) in [5.74, 6) is -1.45. The summed E-state index contributed by atoms with van der Waals surface area (Å²) < 4.78 is 0. The zero-order chi connectivity index (χ0) is 21.7. The zero-order valence-electron chi connectivity index (χ0n) is 17.3. The largest absolute Gasteiger partial charge is 0.348 e. The Balaban J connectivity index is 2.14. The average Bonchev–Trinajstić information content (AvgIpc) is 2.89. The van der Waals surface area contributed by atoms with E-state index in [9.17, 15) is 19.2 Å². The van der Waals surface area contributed by atoms with Crippen LogP contribution in [0.15, 0.2) is 41.6 Å². The summed E-state index contributed by atoms with van der Waals surface area (Å²) in [6, 6.07) is 4.46. The number of allylic oxidation sites excluding steroid dienone is 2. The molecular formula is C22H27N3O4. The van der Waals surface area contributed by atoms with E-state index in [1.165, 1.54) is 23.1 Å². The highest BCUT2D eigenvalue weighted by Gasteiger charge is 2.35. The maximum absolute atomic E-state index is 12.6.